The molecule has 0 spiro atoms. The van der Waals surface area contributed by atoms with Gasteiger partial charge in [-0.1, -0.05) is 20.3 Å². The topological polar surface area (TPSA) is 113 Å². The smallest absolute Gasteiger partial charge is 0.330 e. The molecule has 0 radical (unpaired) electrons. The summed E-state index contributed by atoms with van der Waals surface area (Å²) in [5.74, 6) is 0.110. The number of aromatic amines is 1. The zero-order valence-corrected chi connectivity index (χ0v) is 12.3. The van der Waals surface area contributed by atoms with Gasteiger partial charge in [0.1, 0.15) is 11.5 Å². The second-order valence-corrected chi connectivity index (χ2v) is 5.23. The number of anilines is 2. The van der Waals surface area contributed by atoms with Crippen LogP contribution in [-0.2, 0) is 6.54 Å². The Bertz CT molecular complexity index is 560. The Balaban J connectivity index is 3.07. The molecule has 0 amide bonds. The van der Waals surface area contributed by atoms with Crippen LogP contribution in [0.4, 0.5) is 11.5 Å². The van der Waals surface area contributed by atoms with Crippen LogP contribution >= 0.6 is 0 Å². The summed E-state index contributed by atoms with van der Waals surface area (Å²) in [7, 11) is 0. The molecule has 1 heterocycles. The fourth-order valence-electron chi connectivity index (χ4n) is 1.70. The fraction of sp³-hybridized carbons (Fsp3) is 0.692. The molecule has 0 saturated carbocycles. The predicted molar refractivity (Wildman–Crippen MR) is 80.0 cm³/mol. The van der Waals surface area contributed by atoms with Crippen LogP contribution in [0.5, 0.6) is 0 Å². The molecule has 0 aliphatic heterocycles. The number of nitrogens with two attached hydrogens (primary N) is 1. The standard InChI is InChI=1S/C13H24N4O3/c1-4-6-7-17-10(14)9(11(18)16-12(17)19)15-8-13(3,20)5-2/h15,20H,4-8,14H2,1-3H3,(H,16,18,19). The fourth-order valence-corrected chi connectivity index (χ4v) is 1.70. The normalized spacial score (nSPS) is 14.0. The predicted octanol–water partition coefficient (Wildman–Crippen LogP) is 0.492. The highest BCUT2D eigenvalue weighted by Gasteiger charge is 2.19. The van der Waals surface area contributed by atoms with E-state index >= 15 is 0 Å². The molecule has 0 aliphatic carbocycles. The summed E-state index contributed by atoms with van der Waals surface area (Å²) in [6.45, 7) is 6.15. The van der Waals surface area contributed by atoms with Gasteiger partial charge in [0.15, 0.2) is 0 Å². The highest BCUT2D eigenvalue weighted by Crippen LogP contribution is 2.14. The van der Waals surface area contributed by atoms with E-state index in [0.29, 0.717) is 13.0 Å². The Kier molecular flexibility index (Phi) is 5.38. The van der Waals surface area contributed by atoms with Crippen molar-refractivity contribution < 1.29 is 5.11 Å². The molecule has 1 atom stereocenters. The van der Waals surface area contributed by atoms with Gasteiger partial charge in [0, 0.05) is 13.1 Å². The SMILES string of the molecule is CCCCn1c(N)c(NCC(C)(O)CC)c(=O)[nH]c1=O. The third-order valence-electron chi connectivity index (χ3n) is 3.38. The van der Waals surface area contributed by atoms with Crippen LogP contribution in [0.15, 0.2) is 9.59 Å². The van der Waals surface area contributed by atoms with E-state index in [1.807, 2.05) is 13.8 Å². The molecule has 114 valence electrons. The number of H-pyrrole nitrogens is 1. The van der Waals surface area contributed by atoms with Crippen LogP contribution in [0, 0.1) is 0 Å². The molecule has 1 aromatic heterocycles. The first-order chi connectivity index (χ1) is 9.32. The second-order valence-electron chi connectivity index (χ2n) is 5.23. The Morgan fingerprint density at radius 3 is 2.60 bits per heavy atom. The van der Waals surface area contributed by atoms with Crippen molar-refractivity contribution >= 4 is 11.5 Å². The summed E-state index contributed by atoms with van der Waals surface area (Å²) in [5.41, 5.74) is 4.02. The van der Waals surface area contributed by atoms with Gasteiger partial charge in [-0.05, 0) is 19.8 Å². The zero-order chi connectivity index (χ0) is 15.3. The Hall–Kier alpha value is -1.76. The molecular weight excluding hydrogens is 260 g/mol. The molecular formula is C13H24N4O3. The number of aliphatic hydroxyl groups is 1. The van der Waals surface area contributed by atoms with Crippen molar-refractivity contribution in [3.05, 3.63) is 20.8 Å². The van der Waals surface area contributed by atoms with Crippen molar-refractivity contribution in [2.45, 2.75) is 52.2 Å². The maximum absolute atomic E-state index is 11.8. The summed E-state index contributed by atoms with van der Waals surface area (Å²) < 4.78 is 1.34. The van der Waals surface area contributed by atoms with E-state index in [1.54, 1.807) is 6.92 Å². The van der Waals surface area contributed by atoms with Gasteiger partial charge >= 0.3 is 5.69 Å². The Morgan fingerprint density at radius 2 is 2.05 bits per heavy atom. The minimum atomic E-state index is -0.941. The molecule has 1 rings (SSSR count). The number of hydrogen-bond donors (Lipinski definition) is 4. The summed E-state index contributed by atoms with van der Waals surface area (Å²) in [4.78, 5) is 25.8. The number of aromatic nitrogens is 2. The lowest BCUT2D eigenvalue weighted by molar-refractivity contribution is 0.0697. The first-order valence-corrected chi connectivity index (χ1v) is 6.91. The number of hydrogen-bond acceptors (Lipinski definition) is 5. The molecule has 5 N–H and O–H groups in total. The lowest BCUT2D eigenvalue weighted by Gasteiger charge is -2.23. The van der Waals surface area contributed by atoms with Gasteiger partial charge in [-0.3, -0.25) is 14.3 Å². The van der Waals surface area contributed by atoms with Gasteiger partial charge in [0.05, 0.1) is 5.60 Å². The monoisotopic (exact) mass is 284 g/mol. The van der Waals surface area contributed by atoms with Gasteiger partial charge in [0.2, 0.25) is 0 Å². The largest absolute Gasteiger partial charge is 0.388 e. The first-order valence-electron chi connectivity index (χ1n) is 6.91. The van der Waals surface area contributed by atoms with Gasteiger partial charge in [0.25, 0.3) is 5.56 Å². The van der Waals surface area contributed by atoms with Gasteiger partial charge in [-0.2, -0.15) is 0 Å². The molecule has 1 unspecified atom stereocenters. The molecule has 0 aliphatic rings. The molecule has 0 fully saturated rings. The number of rotatable bonds is 7. The van der Waals surface area contributed by atoms with Crippen molar-refractivity contribution in [2.24, 2.45) is 0 Å². The maximum Gasteiger partial charge on any atom is 0.330 e. The summed E-state index contributed by atoms with van der Waals surface area (Å²) >= 11 is 0. The zero-order valence-electron chi connectivity index (χ0n) is 12.3. The van der Waals surface area contributed by atoms with Crippen molar-refractivity contribution in [1.29, 1.82) is 0 Å². The second kappa shape index (κ2) is 6.60. The van der Waals surface area contributed by atoms with Crippen molar-refractivity contribution in [2.75, 3.05) is 17.6 Å². The van der Waals surface area contributed by atoms with E-state index in [2.05, 4.69) is 10.3 Å². The van der Waals surface area contributed by atoms with E-state index in [4.69, 9.17) is 5.73 Å². The van der Waals surface area contributed by atoms with Crippen molar-refractivity contribution in [3.8, 4) is 0 Å². The minimum absolute atomic E-state index is 0.110. The van der Waals surface area contributed by atoms with Crippen LogP contribution in [-0.4, -0.2) is 26.8 Å². The van der Waals surface area contributed by atoms with E-state index in [0.717, 1.165) is 12.8 Å². The van der Waals surface area contributed by atoms with Gasteiger partial charge in [-0.15, -0.1) is 0 Å². The molecule has 0 saturated heterocycles. The average Bonchev–Trinajstić information content (AvgIpc) is 2.38. The maximum atomic E-state index is 11.8. The highest BCUT2D eigenvalue weighted by atomic mass is 16.3. The molecule has 1 aromatic rings. The van der Waals surface area contributed by atoms with Crippen LogP contribution < -0.4 is 22.3 Å². The van der Waals surface area contributed by atoms with E-state index in [-0.39, 0.29) is 18.1 Å². The number of unbranched alkanes of at least 4 members (excludes halogenated alkanes) is 1. The summed E-state index contributed by atoms with van der Waals surface area (Å²) in [6, 6.07) is 0. The average molecular weight is 284 g/mol. The number of nitrogens with zero attached hydrogens (tertiary/aromatic N) is 1. The Morgan fingerprint density at radius 1 is 1.40 bits per heavy atom. The van der Waals surface area contributed by atoms with Crippen molar-refractivity contribution in [1.82, 2.24) is 9.55 Å². The van der Waals surface area contributed by atoms with Gasteiger partial charge in [-0.25, -0.2) is 4.79 Å². The van der Waals surface area contributed by atoms with E-state index in [9.17, 15) is 14.7 Å². The lowest BCUT2D eigenvalue weighted by Crippen LogP contribution is -2.38. The molecule has 20 heavy (non-hydrogen) atoms. The van der Waals surface area contributed by atoms with Crippen LogP contribution in [0.2, 0.25) is 0 Å². The molecule has 7 nitrogen and oxygen atoms in total. The minimum Gasteiger partial charge on any atom is -0.388 e. The van der Waals surface area contributed by atoms with E-state index < -0.39 is 16.9 Å². The van der Waals surface area contributed by atoms with Crippen LogP contribution in [0.3, 0.4) is 0 Å². The third kappa shape index (κ3) is 3.86. The Labute approximate surface area is 117 Å². The molecule has 0 bridgehead atoms. The third-order valence-corrected chi connectivity index (χ3v) is 3.38. The quantitative estimate of drug-likeness (QED) is 0.582. The van der Waals surface area contributed by atoms with Crippen LogP contribution in [0.1, 0.15) is 40.0 Å². The van der Waals surface area contributed by atoms with Crippen molar-refractivity contribution in [3.63, 3.8) is 0 Å². The number of nitrogens with one attached hydrogen (secondary N) is 2. The van der Waals surface area contributed by atoms with Gasteiger partial charge < -0.3 is 16.2 Å². The highest BCUT2D eigenvalue weighted by molar-refractivity contribution is 5.60. The van der Waals surface area contributed by atoms with Crippen LogP contribution in [0.25, 0.3) is 0 Å². The first kappa shape index (κ1) is 16.3. The molecule has 7 heteroatoms. The molecule has 0 aromatic carbocycles. The lowest BCUT2D eigenvalue weighted by atomic mass is 10.0. The van der Waals surface area contributed by atoms with E-state index in [1.165, 1.54) is 4.57 Å². The summed E-state index contributed by atoms with van der Waals surface area (Å²) in [6.07, 6.45) is 2.24. The number of nitrogen functional groups attached to an aromatic ring is 1. The summed E-state index contributed by atoms with van der Waals surface area (Å²) in [5, 5.41) is 12.8.